The molecule has 1 aliphatic rings. The largest absolute Gasteiger partial charge is 0.395 e. The third kappa shape index (κ3) is 1.75. The highest BCUT2D eigenvalue weighted by Crippen LogP contribution is 2.45. The predicted octanol–water partition coefficient (Wildman–Crippen LogP) is 2.93. The van der Waals surface area contributed by atoms with E-state index in [9.17, 15) is 5.11 Å². The number of rotatable bonds is 3. The maximum absolute atomic E-state index is 9.64. The van der Waals surface area contributed by atoms with Gasteiger partial charge in [-0.2, -0.15) is 0 Å². The fourth-order valence-corrected chi connectivity index (χ4v) is 2.58. The van der Waals surface area contributed by atoms with E-state index in [1.165, 1.54) is 17.7 Å². The van der Waals surface area contributed by atoms with Crippen LogP contribution < -0.4 is 0 Å². The Bertz CT molecular complexity index is 375. The minimum atomic E-state index is 0.0142. The van der Waals surface area contributed by atoms with Crippen LogP contribution in [0.4, 0.5) is 0 Å². The first-order valence-corrected chi connectivity index (χ1v) is 6.18. The molecule has 2 heteroatoms. The molecule has 1 heterocycles. The van der Waals surface area contributed by atoms with Gasteiger partial charge >= 0.3 is 0 Å². The van der Waals surface area contributed by atoms with Crippen molar-refractivity contribution in [1.82, 2.24) is 4.98 Å². The molecule has 0 radical (unpaired) electrons. The summed E-state index contributed by atoms with van der Waals surface area (Å²) in [7, 11) is 0. The molecule has 88 valence electrons. The van der Waals surface area contributed by atoms with E-state index >= 15 is 0 Å². The molecule has 1 saturated carbocycles. The van der Waals surface area contributed by atoms with Crippen molar-refractivity contribution in [1.29, 1.82) is 0 Å². The standard InChI is InChI=1S/C14H21NO/c1-10(2)13-12(6-5-11(3)15-13)14(9-16)7-4-8-14/h5-6,10,16H,4,7-9H2,1-3H3. The van der Waals surface area contributed by atoms with Gasteiger partial charge in [0.2, 0.25) is 0 Å². The lowest BCUT2D eigenvalue weighted by molar-refractivity contribution is 0.118. The minimum Gasteiger partial charge on any atom is -0.395 e. The summed E-state index contributed by atoms with van der Waals surface area (Å²) in [5.41, 5.74) is 3.54. The van der Waals surface area contributed by atoms with E-state index in [1.54, 1.807) is 0 Å². The Hall–Kier alpha value is -0.890. The summed E-state index contributed by atoms with van der Waals surface area (Å²) in [5, 5.41) is 9.64. The number of pyridine rings is 1. The van der Waals surface area contributed by atoms with E-state index in [2.05, 4.69) is 31.0 Å². The van der Waals surface area contributed by atoms with Crippen molar-refractivity contribution in [2.24, 2.45) is 0 Å². The number of aromatic nitrogens is 1. The molecule has 0 unspecified atom stereocenters. The number of aryl methyl sites for hydroxylation is 1. The highest BCUT2D eigenvalue weighted by Gasteiger charge is 2.40. The van der Waals surface area contributed by atoms with Gasteiger partial charge in [-0.3, -0.25) is 4.98 Å². The quantitative estimate of drug-likeness (QED) is 0.848. The summed E-state index contributed by atoms with van der Waals surface area (Å²) in [5.74, 6) is 0.430. The van der Waals surface area contributed by atoms with E-state index in [0.717, 1.165) is 18.5 Å². The van der Waals surface area contributed by atoms with E-state index in [4.69, 9.17) is 0 Å². The van der Waals surface area contributed by atoms with Crippen LogP contribution in [0.2, 0.25) is 0 Å². The van der Waals surface area contributed by atoms with Crippen LogP contribution in [-0.4, -0.2) is 16.7 Å². The van der Waals surface area contributed by atoms with E-state index in [-0.39, 0.29) is 12.0 Å². The summed E-state index contributed by atoms with van der Waals surface area (Å²) in [6.45, 7) is 6.64. The van der Waals surface area contributed by atoms with Crippen LogP contribution in [0.5, 0.6) is 0 Å². The van der Waals surface area contributed by atoms with Crippen LogP contribution in [0, 0.1) is 6.92 Å². The molecule has 1 aromatic rings. The summed E-state index contributed by atoms with van der Waals surface area (Å²) in [4.78, 5) is 4.66. The van der Waals surface area contributed by atoms with Crippen molar-refractivity contribution < 1.29 is 5.11 Å². The van der Waals surface area contributed by atoms with Crippen molar-refractivity contribution in [3.8, 4) is 0 Å². The van der Waals surface area contributed by atoms with Crippen molar-refractivity contribution in [2.45, 2.75) is 51.4 Å². The third-order valence-electron chi connectivity index (χ3n) is 3.80. The van der Waals surface area contributed by atoms with Crippen molar-refractivity contribution in [3.63, 3.8) is 0 Å². The predicted molar refractivity (Wildman–Crippen MR) is 65.7 cm³/mol. The Kier molecular flexibility index (Phi) is 3.02. The smallest absolute Gasteiger partial charge is 0.0528 e. The van der Waals surface area contributed by atoms with Crippen LogP contribution in [0.15, 0.2) is 12.1 Å². The van der Waals surface area contributed by atoms with Crippen LogP contribution in [0.1, 0.15) is 56.0 Å². The van der Waals surface area contributed by atoms with Gasteiger partial charge in [-0.25, -0.2) is 0 Å². The normalized spacial score (nSPS) is 18.6. The zero-order valence-corrected chi connectivity index (χ0v) is 10.5. The summed E-state index contributed by atoms with van der Waals surface area (Å²) < 4.78 is 0. The second-order valence-corrected chi connectivity index (χ2v) is 5.33. The molecule has 16 heavy (non-hydrogen) atoms. The van der Waals surface area contributed by atoms with Gasteiger partial charge in [-0.05, 0) is 37.3 Å². The highest BCUT2D eigenvalue weighted by molar-refractivity contribution is 5.35. The van der Waals surface area contributed by atoms with E-state index in [0.29, 0.717) is 5.92 Å². The molecule has 0 aromatic carbocycles. The third-order valence-corrected chi connectivity index (χ3v) is 3.80. The Balaban J connectivity index is 2.47. The van der Waals surface area contributed by atoms with Gasteiger partial charge in [0.15, 0.2) is 0 Å². The fraction of sp³-hybridized carbons (Fsp3) is 0.643. The zero-order valence-electron chi connectivity index (χ0n) is 10.5. The lowest BCUT2D eigenvalue weighted by Crippen LogP contribution is -2.39. The Morgan fingerprint density at radius 3 is 2.50 bits per heavy atom. The van der Waals surface area contributed by atoms with Gasteiger partial charge in [-0.15, -0.1) is 0 Å². The summed E-state index contributed by atoms with van der Waals surface area (Å²) >= 11 is 0. The number of hydrogen-bond donors (Lipinski definition) is 1. The Morgan fingerprint density at radius 1 is 1.38 bits per heavy atom. The summed E-state index contributed by atoms with van der Waals surface area (Å²) in [6.07, 6.45) is 3.44. The lowest BCUT2D eigenvalue weighted by Gasteiger charge is -2.42. The molecular weight excluding hydrogens is 198 g/mol. The maximum atomic E-state index is 9.64. The molecule has 1 fully saturated rings. The fourth-order valence-electron chi connectivity index (χ4n) is 2.58. The van der Waals surface area contributed by atoms with E-state index < -0.39 is 0 Å². The van der Waals surface area contributed by atoms with Crippen LogP contribution in [0.25, 0.3) is 0 Å². The number of aliphatic hydroxyl groups excluding tert-OH is 1. The van der Waals surface area contributed by atoms with Crippen LogP contribution in [-0.2, 0) is 5.41 Å². The first kappa shape index (κ1) is 11.6. The van der Waals surface area contributed by atoms with Crippen molar-refractivity contribution in [3.05, 3.63) is 29.1 Å². The molecule has 0 spiro atoms. The van der Waals surface area contributed by atoms with Crippen LogP contribution >= 0.6 is 0 Å². The molecule has 1 aromatic heterocycles. The number of aliphatic hydroxyl groups is 1. The van der Waals surface area contributed by atoms with Gasteiger partial charge in [0, 0.05) is 16.8 Å². The lowest BCUT2D eigenvalue weighted by atomic mass is 9.64. The first-order valence-electron chi connectivity index (χ1n) is 6.18. The monoisotopic (exact) mass is 219 g/mol. The van der Waals surface area contributed by atoms with Crippen molar-refractivity contribution in [2.75, 3.05) is 6.61 Å². The Labute approximate surface area is 97.7 Å². The van der Waals surface area contributed by atoms with E-state index in [1.807, 2.05) is 6.92 Å². The Morgan fingerprint density at radius 2 is 2.06 bits per heavy atom. The molecule has 2 rings (SSSR count). The molecule has 1 aliphatic carbocycles. The average molecular weight is 219 g/mol. The first-order chi connectivity index (χ1) is 7.59. The average Bonchev–Trinajstić information content (AvgIpc) is 2.19. The molecule has 0 amide bonds. The molecule has 0 aliphatic heterocycles. The second kappa shape index (κ2) is 4.17. The van der Waals surface area contributed by atoms with Crippen LogP contribution in [0.3, 0.4) is 0 Å². The molecule has 1 N–H and O–H groups in total. The van der Waals surface area contributed by atoms with Gasteiger partial charge < -0.3 is 5.11 Å². The van der Waals surface area contributed by atoms with Gasteiger partial charge in [-0.1, -0.05) is 26.3 Å². The molecule has 0 atom stereocenters. The minimum absolute atomic E-state index is 0.0142. The van der Waals surface area contributed by atoms with Gasteiger partial charge in [0.05, 0.1) is 6.61 Å². The van der Waals surface area contributed by atoms with Crippen molar-refractivity contribution >= 4 is 0 Å². The summed E-state index contributed by atoms with van der Waals surface area (Å²) in [6, 6.07) is 4.24. The second-order valence-electron chi connectivity index (χ2n) is 5.33. The van der Waals surface area contributed by atoms with Gasteiger partial charge in [0.25, 0.3) is 0 Å². The highest BCUT2D eigenvalue weighted by atomic mass is 16.3. The molecule has 2 nitrogen and oxygen atoms in total. The number of hydrogen-bond acceptors (Lipinski definition) is 2. The molecule has 0 saturated heterocycles. The van der Waals surface area contributed by atoms with Gasteiger partial charge in [0.1, 0.15) is 0 Å². The topological polar surface area (TPSA) is 33.1 Å². The zero-order chi connectivity index (χ0) is 11.8. The SMILES string of the molecule is Cc1ccc(C2(CO)CCC2)c(C(C)C)n1. The molecule has 0 bridgehead atoms. The molecular formula is C14H21NO. The maximum Gasteiger partial charge on any atom is 0.0528 e. The number of nitrogens with zero attached hydrogens (tertiary/aromatic N) is 1.